The van der Waals surface area contributed by atoms with Crippen LogP contribution < -0.4 is 5.73 Å². The Bertz CT molecular complexity index is 195. The van der Waals surface area contributed by atoms with Crippen LogP contribution in [0.25, 0.3) is 0 Å². The predicted molar refractivity (Wildman–Crippen MR) is 58.2 cm³/mol. The van der Waals surface area contributed by atoms with Crippen LogP contribution in [0.5, 0.6) is 0 Å². The molecule has 0 rings (SSSR count). The van der Waals surface area contributed by atoms with Gasteiger partial charge < -0.3 is 10.8 Å². The Hall–Kier alpha value is -0.570. The molecule has 0 amide bonds. The van der Waals surface area contributed by atoms with Gasteiger partial charge in [0.05, 0.1) is 5.41 Å². The summed E-state index contributed by atoms with van der Waals surface area (Å²) in [5.74, 6) is -0.715. The third kappa shape index (κ3) is 2.98. The average Bonchev–Trinajstić information content (AvgIpc) is 2.14. The van der Waals surface area contributed by atoms with Crippen molar-refractivity contribution in [3.05, 3.63) is 0 Å². The molecule has 0 saturated carbocycles. The molecule has 1 atom stereocenters. The van der Waals surface area contributed by atoms with E-state index in [1.165, 1.54) is 0 Å². The molecule has 3 heteroatoms. The quantitative estimate of drug-likeness (QED) is 0.693. The van der Waals surface area contributed by atoms with Gasteiger partial charge in [0.2, 0.25) is 0 Å². The van der Waals surface area contributed by atoms with Crippen molar-refractivity contribution in [2.45, 2.75) is 58.9 Å². The summed E-state index contributed by atoms with van der Waals surface area (Å²) in [7, 11) is 0. The molecule has 0 aromatic rings. The molecule has 3 nitrogen and oxygen atoms in total. The minimum atomic E-state index is -0.715. The molecule has 14 heavy (non-hydrogen) atoms. The molecule has 0 aliphatic carbocycles. The van der Waals surface area contributed by atoms with Crippen molar-refractivity contribution >= 4 is 5.97 Å². The number of rotatable bonds is 6. The van der Waals surface area contributed by atoms with E-state index in [-0.39, 0.29) is 5.54 Å². The maximum atomic E-state index is 11.2. The number of hydrogen-bond acceptors (Lipinski definition) is 2. The number of nitrogens with two attached hydrogens (primary N) is 1. The van der Waals surface area contributed by atoms with Crippen LogP contribution in [-0.2, 0) is 4.79 Å². The zero-order chi connectivity index (χ0) is 11.4. The Morgan fingerprint density at radius 2 is 1.64 bits per heavy atom. The summed E-state index contributed by atoms with van der Waals surface area (Å²) < 4.78 is 0. The third-order valence-corrected chi connectivity index (χ3v) is 3.36. The van der Waals surface area contributed by atoms with E-state index < -0.39 is 11.4 Å². The van der Waals surface area contributed by atoms with Crippen LogP contribution in [0.3, 0.4) is 0 Å². The number of aliphatic carboxylic acids is 1. The van der Waals surface area contributed by atoms with E-state index >= 15 is 0 Å². The summed E-state index contributed by atoms with van der Waals surface area (Å²) in [5, 5.41) is 9.23. The van der Waals surface area contributed by atoms with Crippen molar-refractivity contribution in [2.24, 2.45) is 11.1 Å². The zero-order valence-electron chi connectivity index (χ0n) is 9.76. The number of carboxylic acids is 1. The standard InChI is InChI=1S/C11H23NO2/c1-5-10(4,12)8-11(6-2,7-3)9(13)14/h5-8,12H2,1-4H3,(H,13,14). The lowest BCUT2D eigenvalue weighted by atomic mass is 9.72. The zero-order valence-corrected chi connectivity index (χ0v) is 9.76. The lowest BCUT2D eigenvalue weighted by Gasteiger charge is -2.35. The molecular formula is C11H23NO2. The minimum absolute atomic E-state index is 0.371. The van der Waals surface area contributed by atoms with Gasteiger partial charge in [0, 0.05) is 5.54 Å². The molecule has 0 aromatic carbocycles. The second kappa shape index (κ2) is 4.78. The van der Waals surface area contributed by atoms with Gasteiger partial charge in [0.25, 0.3) is 0 Å². The van der Waals surface area contributed by atoms with Crippen molar-refractivity contribution in [1.82, 2.24) is 0 Å². The van der Waals surface area contributed by atoms with Crippen LogP contribution in [0.1, 0.15) is 53.4 Å². The lowest BCUT2D eigenvalue weighted by molar-refractivity contribution is -0.151. The Kier molecular flexibility index (Phi) is 4.59. The van der Waals surface area contributed by atoms with E-state index in [2.05, 4.69) is 0 Å². The van der Waals surface area contributed by atoms with E-state index in [1.54, 1.807) is 0 Å². The molecule has 1 unspecified atom stereocenters. The molecule has 0 aliphatic rings. The average molecular weight is 201 g/mol. The molecule has 84 valence electrons. The van der Waals surface area contributed by atoms with Crippen LogP contribution in [-0.4, -0.2) is 16.6 Å². The maximum Gasteiger partial charge on any atom is 0.309 e. The van der Waals surface area contributed by atoms with E-state index in [0.717, 1.165) is 6.42 Å². The Labute approximate surface area is 86.7 Å². The van der Waals surface area contributed by atoms with Crippen molar-refractivity contribution in [3.63, 3.8) is 0 Å². The van der Waals surface area contributed by atoms with E-state index in [4.69, 9.17) is 5.73 Å². The first-order valence-corrected chi connectivity index (χ1v) is 5.36. The first-order valence-electron chi connectivity index (χ1n) is 5.36. The van der Waals surface area contributed by atoms with Crippen LogP contribution in [0, 0.1) is 5.41 Å². The van der Waals surface area contributed by atoms with Gasteiger partial charge in [-0.1, -0.05) is 20.8 Å². The van der Waals surface area contributed by atoms with Crippen molar-refractivity contribution < 1.29 is 9.90 Å². The SMILES string of the molecule is CCC(C)(N)CC(CC)(CC)C(=O)O. The normalized spacial score (nSPS) is 16.4. The molecule has 0 heterocycles. The maximum absolute atomic E-state index is 11.2. The molecule has 0 aromatic heterocycles. The largest absolute Gasteiger partial charge is 0.481 e. The molecule has 0 saturated heterocycles. The fraction of sp³-hybridized carbons (Fsp3) is 0.909. The van der Waals surface area contributed by atoms with Gasteiger partial charge in [-0.05, 0) is 32.6 Å². The Balaban J connectivity index is 4.76. The van der Waals surface area contributed by atoms with E-state index in [1.807, 2.05) is 27.7 Å². The lowest BCUT2D eigenvalue weighted by Crippen LogP contribution is -2.44. The molecule has 0 bridgehead atoms. The van der Waals surface area contributed by atoms with E-state index in [0.29, 0.717) is 19.3 Å². The first kappa shape index (κ1) is 13.4. The smallest absolute Gasteiger partial charge is 0.309 e. The second-order valence-electron chi connectivity index (χ2n) is 4.48. The molecule has 3 N–H and O–H groups in total. The highest BCUT2D eigenvalue weighted by atomic mass is 16.4. The summed E-state index contributed by atoms with van der Waals surface area (Å²) in [6.07, 6.45) is 2.65. The molecular weight excluding hydrogens is 178 g/mol. The van der Waals surface area contributed by atoms with E-state index in [9.17, 15) is 9.90 Å². The summed E-state index contributed by atoms with van der Waals surface area (Å²) in [6, 6.07) is 0. The fourth-order valence-corrected chi connectivity index (χ4v) is 1.78. The van der Waals surface area contributed by atoms with Crippen LogP contribution in [0.2, 0.25) is 0 Å². The predicted octanol–water partition coefficient (Wildman–Crippen LogP) is 2.39. The summed E-state index contributed by atoms with van der Waals surface area (Å²) >= 11 is 0. The van der Waals surface area contributed by atoms with Gasteiger partial charge in [-0.25, -0.2) is 0 Å². The van der Waals surface area contributed by atoms with Gasteiger partial charge >= 0.3 is 5.97 Å². The van der Waals surface area contributed by atoms with Gasteiger partial charge in [-0.3, -0.25) is 4.79 Å². The van der Waals surface area contributed by atoms with Gasteiger partial charge in [0.15, 0.2) is 0 Å². The summed E-state index contributed by atoms with van der Waals surface area (Å²) in [6.45, 7) is 7.76. The fourth-order valence-electron chi connectivity index (χ4n) is 1.78. The van der Waals surface area contributed by atoms with Gasteiger partial charge in [-0.15, -0.1) is 0 Å². The van der Waals surface area contributed by atoms with Crippen molar-refractivity contribution in [1.29, 1.82) is 0 Å². The molecule has 0 fully saturated rings. The molecule has 0 spiro atoms. The topological polar surface area (TPSA) is 63.3 Å². The van der Waals surface area contributed by atoms with Crippen molar-refractivity contribution in [2.75, 3.05) is 0 Å². The molecule has 0 aliphatic heterocycles. The Morgan fingerprint density at radius 1 is 1.21 bits per heavy atom. The highest BCUT2D eigenvalue weighted by Crippen LogP contribution is 2.36. The van der Waals surface area contributed by atoms with Crippen LogP contribution in [0.4, 0.5) is 0 Å². The second-order valence-corrected chi connectivity index (χ2v) is 4.48. The monoisotopic (exact) mass is 201 g/mol. The number of carbonyl (C=O) groups is 1. The summed E-state index contributed by atoms with van der Waals surface area (Å²) in [4.78, 5) is 11.2. The first-order chi connectivity index (χ1) is 6.33. The van der Waals surface area contributed by atoms with Crippen LogP contribution in [0.15, 0.2) is 0 Å². The minimum Gasteiger partial charge on any atom is -0.481 e. The third-order valence-electron chi connectivity index (χ3n) is 3.36. The van der Waals surface area contributed by atoms with Crippen molar-refractivity contribution in [3.8, 4) is 0 Å². The van der Waals surface area contributed by atoms with Crippen LogP contribution >= 0.6 is 0 Å². The van der Waals surface area contributed by atoms with Gasteiger partial charge in [-0.2, -0.15) is 0 Å². The number of carboxylic acid groups (broad SMARTS) is 1. The van der Waals surface area contributed by atoms with Gasteiger partial charge in [0.1, 0.15) is 0 Å². The Morgan fingerprint density at radius 3 is 1.86 bits per heavy atom. The molecule has 0 radical (unpaired) electrons. The highest BCUT2D eigenvalue weighted by Gasteiger charge is 2.39. The summed E-state index contributed by atoms with van der Waals surface area (Å²) in [5.41, 5.74) is 5.02. The highest BCUT2D eigenvalue weighted by molar-refractivity contribution is 5.74. The number of hydrogen-bond donors (Lipinski definition) is 2.